The summed E-state index contributed by atoms with van der Waals surface area (Å²) in [7, 11) is 0. The van der Waals surface area contributed by atoms with Crippen LogP contribution in [0.2, 0.25) is 0 Å². The molecule has 35 heavy (non-hydrogen) atoms. The highest BCUT2D eigenvalue weighted by Gasteiger charge is 2.37. The SMILES string of the molecule is CC1(C)CC(=O)C(=C(O)CCc2noc3c2C(=O)CC(c2ccccc2)C3)C(=NCCC(=O)O)C1. The van der Waals surface area contributed by atoms with Crippen molar-refractivity contribution in [2.45, 2.75) is 64.7 Å². The van der Waals surface area contributed by atoms with Crippen LogP contribution in [0.4, 0.5) is 0 Å². The fraction of sp³-hybridized carbons (Fsp3) is 0.444. The van der Waals surface area contributed by atoms with Gasteiger partial charge < -0.3 is 14.7 Å². The Kier molecular flexibility index (Phi) is 7.00. The number of aliphatic imine (C=N–C) groups is 1. The van der Waals surface area contributed by atoms with Gasteiger partial charge in [-0.3, -0.25) is 19.4 Å². The number of hydrogen-bond acceptors (Lipinski definition) is 7. The van der Waals surface area contributed by atoms with E-state index in [1.807, 2.05) is 44.2 Å². The number of carbonyl (C=O) groups is 3. The molecule has 2 aliphatic carbocycles. The molecule has 4 rings (SSSR count). The third-order valence-electron chi connectivity index (χ3n) is 6.61. The second-order valence-corrected chi connectivity index (χ2v) is 10.1. The molecule has 0 spiro atoms. The Labute approximate surface area is 203 Å². The van der Waals surface area contributed by atoms with Crippen LogP contribution in [0.15, 0.2) is 51.2 Å². The monoisotopic (exact) mass is 478 g/mol. The van der Waals surface area contributed by atoms with Gasteiger partial charge in [-0.15, -0.1) is 0 Å². The number of aromatic nitrogens is 1. The van der Waals surface area contributed by atoms with Gasteiger partial charge in [-0.05, 0) is 23.3 Å². The molecule has 8 heteroatoms. The van der Waals surface area contributed by atoms with Crippen molar-refractivity contribution in [3.8, 4) is 0 Å². The van der Waals surface area contributed by atoms with E-state index in [2.05, 4.69) is 10.1 Å². The molecule has 1 aromatic carbocycles. The molecule has 1 saturated carbocycles. The maximum Gasteiger partial charge on any atom is 0.305 e. The van der Waals surface area contributed by atoms with E-state index in [4.69, 9.17) is 9.63 Å². The highest BCUT2D eigenvalue weighted by Crippen LogP contribution is 2.37. The van der Waals surface area contributed by atoms with E-state index in [1.54, 1.807) is 0 Å². The van der Waals surface area contributed by atoms with Crippen LogP contribution in [-0.4, -0.2) is 45.2 Å². The van der Waals surface area contributed by atoms with Crippen molar-refractivity contribution in [2.75, 3.05) is 6.54 Å². The second kappa shape index (κ2) is 9.98. The predicted molar refractivity (Wildman–Crippen MR) is 129 cm³/mol. The highest BCUT2D eigenvalue weighted by atomic mass is 16.5. The summed E-state index contributed by atoms with van der Waals surface area (Å²) < 4.78 is 5.52. The number of aryl methyl sites for hydroxylation is 1. The lowest BCUT2D eigenvalue weighted by Crippen LogP contribution is -2.33. The summed E-state index contributed by atoms with van der Waals surface area (Å²) in [6.45, 7) is 3.93. The number of aliphatic carboxylic acids is 1. The molecule has 2 aromatic rings. The van der Waals surface area contributed by atoms with Gasteiger partial charge in [0.05, 0.1) is 23.3 Å². The summed E-state index contributed by atoms with van der Waals surface area (Å²) >= 11 is 0. The first-order valence-electron chi connectivity index (χ1n) is 11.9. The van der Waals surface area contributed by atoms with Crippen molar-refractivity contribution in [2.24, 2.45) is 10.4 Å². The van der Waals surface area contributed by atoms with E-state index in [1.165, 1.54) is 0 Å². The number of rotatable bonds is 7. The van der Waals surface area contributed by atoms with Crippen molar-refractivity contribution in [3.63, 3.8) is 0 Å². The minimum Gasteiger partial charge on any atom is -0.511 e. The van der Waals surface area contributed by atoms with Gasteiger partial charge in [0.25, 0.3) is 0 Å². The summed E-state index contributed by atoms with van der Waals surface area (Å²) in [6.07, 6.45) is 1.89. The minimum atomic E-state index is -0.972. The number of benzene rings is 1. The molecule has 1 heterocycles. The van der Waals surface area contributed by atoms with Crippen molar-refractivity contribution in [1.29, 1.82) is 0 Å². The normalized spacial score (nSPS) is 22.2. The van der Waals surface area contributed by atoms with Crippen LogP contribution < -0.4 is 0 Å². The predicted octanol–water partition coefficient (Wildman–Crippen LogP) is 4.64. The zero-order valence-electron chi connectivity index (χ0n) is 20.0. The molecule has 1 fully saturated rings. The maximum atomic E-state index is 13.0. The van der Waals surface area contributed by atoms with Gasteiger partial charge in [-0.2, -0.15) is 0 Å². The zero-order valence-corrected chi connectivity index (χ0v) is 20.0. The van der Waals surface area contributed by atoms with E-state index in [0.717, 1.165) is 5.56 Å². The Morgan fingerprint density at radius 3 is 2.54 bits per heavy atom. The number of hydrogen-bond donors (Lipinski definition) is 2. The number of fused-ring (bicyclic) bond motifs is 1. The third kappa shape index (κ3) is 5.58. The number of aliphatic hydroxyl groups excluding tert-OH is 1. The van der Waals surface area contributed by atoms with E-state index in [-0.39, 0.29) is 66.5 Å². The van der Waals surface area contributed by atoms with Gasteiger partial charge in [0.2, 0.25) is 0 Å². The molecule has 0 saturated heterocycles. The molecule has 0 amide bonds. The van der Waals surface area contributed by atoms with E-state index < -0.39 is 5.97 Å². The summed E-state index contributed by atoms with van der Waals surface area (Å²) in [5, 5.41) is 23.9. The molecule has 0 bridgehead atoms. The molecule has 2 N–H and O–H groups in total. The number of ketones is 2. The molecule has 8 nitrogen and oxygen atoms in total. The van der Waals surface area contributed by atoms with Gasteiger partial charge in [-0.25, -0.2) is 0 Å². The average molecular weight is 479 g/mol. The van der Waals surface area contributed by atoms with E-state index in [0.29, 0.717) is 42.0 Å². The lowest BCUT2D eigenvalue weighted by atomic mass is 9.73. The first-order valence-corrected chi connectivity index (χ1v) is 11.9. The Morgan fingerprint density at radius 2 is 1.83 bits per heavy atom. The Morgan fingerprint density at radius 1 is 1.09 bits per heavy atom. The third-order valence-corrected chi connectivity index (χ3v) is 6.61. The molecule has 184 valence electrons. The number of carbonyl (C=O) groups excluding carboxylic acids is 2. The Balaban J connectivity index is 1.52. The standard InChI is InChI=1S/C27H30N2O6/c1-27(2)14-19(28-11-10-24(33)34)25(22(32)15-27)20(30)9-8-18-26-21(31)12-17(13-23(26)35-29-18)16-6-4-3-5-7-16/h3-7,17,30H,8-15H2,1-2H3,(H,33,34). The van der Waals surface area contributed by atoms with Gasteiger partial charge >= 0.3 is 5.97 Å². The zero-order chi connectivity index (χ0) is 25.2. The average Bonchev–Trinajstić information content (AvgIpc) is 3.20. The van der Waals surface area contributed by atoms with Crippen LogP contribution in [0.5, 0.6) is 0 Å². The minimum absolute atomic E-state index is 0.0325. The van der Waals surface area contributed by atoms with Crippen LogP contribution in [0.1, 0.15) is 79.2 Å². The van der Waals surface area contributed by atoms with Gasteiger partial charge in [0, 0.05) is 44.4 Å². The number of Topliss-reactive ketones (excluding diaryl/α,β-unsaturated/α-hetero) is 2. The van der Waals surface area contributed by atoms with Crippen molar-refractivity contribution in [1.82, 2.24) is 5.16 Å². The lowest BCUT2D eigenvalue weighted by molar-refractivity contribution is -0.136. The maximum absolute atomic E-state index is 13.0. The lowest BCUT2D eigenvalue weighted by Gasteiger charge is -2.31. The number of nitrogens with zero attached hydrogens (tertiary/aromatic N) is 2. The van der Waals surface area contributed by atoms with Crippen LogP contribution in [0, 0.1) is 5.41 Å². The molecule has 2 aliphatic rings. The van der Waals surface area contributed by atoms with Crippen LogP contribution in [0.3, 0.4) is 0 Å². The highest BCUT2D eigenvalue weighted by molar-refractivity contribution is 6.24. The number of aliphatic hydroxyl groups is 1. The van der Waals surface area contributed by atoms with Crippen molar-refractivity contribution >= 4 is 23.2 Å². The summed E-state index contributed by atoms with van der Waals surface area (Å²) in [6, 6.07) is 9.84. The molecule has 1 atom stereocenters. The number of carboxylic acids is 1. The summed E-state index contributed by atoms with van der Waals surface area (Å²) in [5.41, 5.74) is 2.34. The molecule has 1 unspecified atom stereocenters. The fourth-order valence-corrected chi connectivity index (χ4v) is 4.97. The fourth-order valence-electron chi connectivity index (χ4n) is 4.97. The Hall–Kier alpha value is -3.55. The molecule has 0 aliphatic heterocycles. The quantitative estimate of drug-likeness (QED) is 0.438. The van der Waals surface area contributed by atoms with Crippen LogP contribution in [0.25, 0.3) is 0 Å². The van der Waals surface area contributed by atoms with Gasteiger partial charge in [0.1, 0.15) is 11.5 Å². The van der Waals surface area contributed by atoms with E-state index >= 15 is 0 Å². The Bertz CT molecular complexity index is 1210. The van der Waals surface area contributed by atoms with Gasteiger partial charge in [-0.1, -0.05) is 49.3 Å². The van der Waals surface area contributed by atoms with Gasteiger partial charge in [0.15, 0.2) is 11.6 Å². The van der Waals surface area contributed by atoms with Crippen molar-refractivity contribution < 1.29 is 29.1 Å². The number of carboxylic acid groups (broad SMARTS) is 1. The molecule has 1 aromatic heterocycles. The topological polar surface area (TPSA) is 130 Å². The summed E-state index contributed by atoms with van der Waals surface area (Å²) in [4.78, 5) is 41.1. The smallest absolute Gasteiger partial charge is 0.305 e. The molecular weight excluding hydrogens is 448 g/mol. The molecule has 0 radical (unpaired) electrons. The van der Waals surface area contributed by atoms with Crippen LogP contribution >= 0.6 is 0 Å². The first kappa shape index (κ1) is 24.6. The molecular formula is C27H30N2O6. The van der Waals surface area contributed by atoms with Crippen molar-refractivity contribution in [3.05, 3.63) is 64.2 Å². The summed E-state index contributed by atoms with van der Waals surface area (Å²) in [5.74, 6) is -0.724. The first-order chi connectivity index (χ1) is 16.6. The van der Waals surface area contributed by atoms with Crippen LogP contribution in [-0.2, 0) is 22.4 Å². The largest absolute Gasteiger partial charge is 0.511 e. The number of allylic oxidation sites excluding steroid dienone is 2. The second-order valence-electron chi connectivity index (χ2n) is 10.1. The van der Waals surface area contributed by atoms with E-state index in [9.17, 15) is 19.5 Å².